The zero-order valence-corrected chi connectivity index (χ0v) is 15.5. The number of aliphatic carboxylic acids is 1. The molecule has 0 aliphatic heterocycles. The topological polar surface area (TPSA) is 110 Å². The number of ketones is 2. The van der Waals surface area contributed by atoms with E-state index in [2.05, 4.69) is 5.32 Å². The first-order chi connectivity index (χ1) is 12.0. The molecule has 0 aliphatic rings. The Balaban J connectivity index is 0.00000676. The molecule has 0 saturated carbocycles. The fourth-order valence-electron chi connectivity index (χ4n) is 2.12. The summed E-state index contributed by atoms with van der Waals surface area (Å²) in [7, 11) is 0. The molecule has 0 bridgehead atoms. The van der Waals surface area contributed by atoms with Crippen molar-refractivity contribution in [3.05, 3.63) is 35.4 Å². The van der Waals surface area contributed by atoms with Crippen LogP contribution in [0, 0.1) is 0 Å². The average molecular weight is 379 g/mol. The van der Waals surface area contributed by atoms with Crippen LogP contribution in [0.25, 0.3) is 0 Å². The van der Waals surface area contributed by atoms with E-state index in [-0.39, 0.29) is 31.8 Å². The van der Waals surface area contributed by atoms with Gasteiger partial charge in [-0.15, -0.1) is 0 Å². The van der Waals surface area contributed by atoms with Gasteiger partial charge in [-0.2, -0.15) is 0 Å². The summed E-state index contributed by atoms with van der Waals surface area (Å²) < 4.78 is 5.06. The fraction of sp³-hybridized carbons (Fsp3) is 0.500. The van der Waals surface area contributed by atoms with Crippen LogP contribution in [0.2, 0.25) is 0 Å². The van der Waals surface area contributed by atoms with E-state index in [1.165, 1.54) is 0 Å². The van der Waals surface area contributed by atoms with E-state index in [0.29, 0.717) is 17.5 Å². The third-order valence-electron chi connectivity index (χ3n) is 3.46. The van der Waals surface area contributed by atoms with Crippen molar-refractivity contribution < 1.29 is 29.0 Å². The molecule has 0 aliphatic carbocycles. The predicted octanol–water partition coefficient (Wildman–Crippen LogP) is 3.40. The number of amides is 1. The molecule has 0 fully saturated rings. The lowest BCUT2D eigenvalue weighted by atomic mass is 10.0. The molecule has 0 heterocycles. The lowest BCUT2D eigenvalue weighted by Crippen LogP contribution is -2.44. The van der Waals surface area contributed by atoms with Crippen molar-refractivity contribution in [3.8, 4) is 0 Å². The van der Waals surface area contributed by atoms with Gasteiger partial charge in [0.05, 0.1) is 6.42 Å². The number of hydrogen-bond donors (Lipinski definition) is 2. The molecule has 0 radical (unpaired) electrons. The van der Waals surface area contributed by atoms with Crippen LogP contribution >= 0.6 is 0 Å². The molecule has 1 aromatic carbocycles. The zero-order valence-electron chi connectivity index (χ0n) is 15.5. The van der Waals surface area contributed by atoms with E-state index in [0.717, 1.165) is 0 Å². The number of carboxylic acid groups (broad SMARTS) is 1. The summed E-state index contributed by atoms with van der Waals surface area (Å²) >= 11 is 0. The number of alkyl carbamates (subject to hydrolysis) is 1. The van der Waals surface area contributed by atoms with Crippen molar-refractivity contribution in [1.29, 1.82) is 0 Å². The Morgan fingerprint density at radius 1 is 1.11 bits per heavy atom. The molecule has 0 spiro atoms. The number of ether oxygens (including phenoxy) is 1. The second-order valence-electron chi connectivity index (χ2n) is 6.93. The number of nitrogens with one attached hydrogen (secondary N) is 1. The Morgan fingerprint density at radius 3 is 2.11 bits per heavy atom. The van der Waals surface area contributed by atoms with Gasteiger partial charge in [0.15, 0.2) is 5.78 Å². The zero-order chi connectivity index (χ0) is 19.9. The summed E-state index contributed by atoms with van der Waals surface area (Å²) in [4.78, 5) is 46.4. The summed E-state index contributed by atoms with van der Waals surface area (Å²) in [6.07, 6.45) is -0.611. The van der Waals surface area contributed by atoms with Gasteiger partial charge < -0.3 is 15.2 Å². The molecular weight excluding hydrogens is 350 g/mol. The van der Waals surface area contributed by atoms with Crippen LogP contribution in [0.3, 0.4) is 0 Å². The molecule has 1 amide bonds. The Morgan fingerprint density at radius 2 is 1.67 bits per heavy atom. The Kier molecular flexibility index (Phi) is 9.40. The normalized spacial score (nSPS) is 11.7. The molecule has 1 unspecified atom stereocenters. The minimum Gasteiger partial charge on any atom is -0.480 e. The van der Waals surface area contributed by atoms with Crippen LogP contribution < -0.4 is 5.32 Å². The molecule has 27 heavy (non-hydrogen) atoms. The van der Waals surface area contributed by atoms with Crippen molar-refractivity contribution in [2.45, 2.75) is 66.0 Å². The molecule has 150 valence electrons. The quantitative estimate of drug-likeness (QED) is 0.529. The van der Waals surface area contributed by atoms with Gasteiger partial charge in [-0.3, -0.25) is 9.59 Å². The van der Waals surface area contributed by atoms with Crippen molar-refractivity contribution in [3.63, 3.8) is 0 Å². The van der Waals surface area contributed by atoms with Gasteiger partial charge in [0.25, 0.3) is 0 Å². The predicted molar refractivity (Wildman–Crippen MR) is 102 cm³/mol. The number of carbonyl (C=O) groups excluding carboxylic acids is 3. The van der Waals surface area contributed by atoms with Gasteiger partial charge in [0, 0.05) is 18.4 Å². The van der Waals surface area contributed by atoms with Gasteiger partial charge in [-0.05, 0) is 26.3 Å². The molecule has 1 aromatic rings. The van der Waals surface area contributed by atoms with Gasteiger partial charge in [-0.25, -0.2) is 9.59 Å². The average Bonchev–Trinajstić information content (AvgIpc) is 2.52. The maximum atomic E-state index is 11.9. The molecule has 7 heteroatoms. The Hall–Kier alpha value is -2.70. The van der Waals surface area contributed by atoms with Crippen LogP contribution in [-0.2, 0) is 20.7 Å². The summed E-state index contributed by atoms with van der Waals surface area (Å²) in [6, 6.07) is 5.15. The third kappa shape index (κ3) is 8.99. The van der Waals surface area contributed by atoms with Crippen LogP contribution in [-0.4, -0.2) is 40.4 Å². The van der Waals surface area contributed by atoms with Gasteiger partial charge >= 0.3 is 12.1 Å². The lowest BCUT2D eigenvalue weighted by Gasteiger charge is -2.22. The van der Waals surface area contributed by atoms with E-state index < -0.39 is 23.7 Å². The van der Waals surface area contributed by atoms with Gasteiger partial charge in [0.1, 0.15) is 17.4 Å². The Labute approximate surface area is 160 Å². The van der Waals surface area contributed by atoms with E-state index >= 15 is 0 Å². The molecule has 7 nitrogen and oxygen atoms in total. The van der Waals surface area contributed by atoms with Gasteiger partial charge in [-0.1, -0.05) is 38.6 Å². The molecule has 1 rings (SSSR count). The van der Waals surface area contributed by atoms with Crippen LogP contribution in [0.5, 0.6) is 0 Å². The highest BCUT2D eigenvalue weighted by Gasteiger charge is 2.24. The SMILES string of the molecule is C.CCC(=O)CC(=O)c1ccc(CC(NC(=O)OC(C)(C)C)C(=O)O)cc1. The monoisotopic (exact) mass is 379 g/mol. The third-order valence-corrected chi connectivity index (χ3v) is 3.46. The molecule has 0 aromatic heterocycles. The second kappa shape index (κ2) is 10.4. The van der Waals surface area contributed by atoms with Gasteiger partial charge in [0.2, 0.25) is 0 Å². The van der Waals surface area contributed by atoms with Crippen LogP contribution in [0.15, 0.2) is 24.3 Å². The highest BCUT2D eigenvalue weighted by atomic mass is 16.6. The van der Waals surface area contributed by atoms with E-state index in [9.17, 15) is 24.3 Å². The minimum absolute atomic E-state index is 0. The minimum atomic E-state index is -1.19. The van der Waals surface area contributed by atoms with E-state index in [1.807, 2.05) is 0 Å². The molecule has 2 N–H and O–H groups in total. The number of Topliss-reactive ketones (excluding diaryl/α,β-unsaturated/α-hetero) is 2. The maximum Gasteiger partial charge on any atom is 0.408 e. The highest BCUT2D eigenvalue weighted by molar-refractivity contribution is 6.07. The Bertz CT molecular complexity index is 673. The largest absolute Gasteiger partial charge is 0.480 e. The van der Waals surface area contributed by atoms with Crippen molar-refractivity contribution in [2.24, 2.45) is 0 Å². The van der Waals surface area contributed by atoms with Crippen molar-refractivity contribution in [2.75, 3.05) is 0 Å². The van der Waals surface area contributed by atoms with Crippen molar-refractivity contribution in [1.82, 2.24) is 5.32 Å². The molecule has 0 saturated heterocycles. The maximum absolute atomic E-state index is 11.9. The number of benzene rings is 1. The number of carboxylic acids is 1. The van der Waals surface area contributed by atoms with E-state index in [4.69, 9.17) is 4.74 Å². The van der Waals surface area contributed by atoms with Crippen molar-refractivity contribution >= 4 is 23.6 Å². The fourth-order valence-corrected chi connectivity index (χ4v) is 2.12. The first kappa shape index (κ1) is 24.3. The smallest absolute Gasteiger partial charge is 0.408 e. The van der Waals surface area contributed by atoms with Crippen LogP contribution in [0.1, 0.15) is 63.9 Å². The summed E-state index contributed by atoms with van der Waals surface area (Å²) in [6.45, 7) is 6.74. The summed E-state index contributed by atoms with van der Waals surface area (Å²) in [5, 5.41) is 11.6. The molecule has 1 atom stereocenters. The summed E-state index contributed by atoms with van der Waals surface area (Å²) in [5.74, 6) is -1.60. The lowest BCUT2D eigenvalue weighted by molar-refractivity contribution is -0.139. The number of carbonyl (C=O) groups is 4. The second-order valence-corrected chi connectivity index (χ2v) is 6.93. The first-order valence-electron chi connectivity index (χ1n) is 8.38. The molecular formula is C20H29NO6. The number of hydrogen-bond acceptors (Lipinski definition) is 5. The summed E-state index contributed by atoms with van der Waals surface area (Å²) in [5.41, 5.74) is 0.291. The standard InChI is InChI=1S/C19H25NO6.CH4/c1-5-14(21)11-16(22)13-8-6-12(7-9-13)10-15(17(23)24)20-18(25)26-19(2,3)4;/h6-9,15H,5,10-11H2,1-4H3,(H,20,25)(H,23,24);1H4. The first-order valence-corrected chi connectivity index (χ1v) is 8.38. The van der Waals surface area contributed by atoms with E-state index in [1.54, 1.807) is 52.0 Å². The number of rotatable bonds is 8. The highest BCUT2D eigenvalue weighted by Crippen LogP contribution is 2.11. The van der Waals surface area contributed by atoms with Crippen LogP contribution in [0.4, 0.5) is 4.79 Å².